The van der Waals surface area contributed by atoms with E-state index >= 15 is 0 Å². The van der Waals surface area contributed by atoms with Crippen molar-refractivity contribution in [3.8, 4) is 0 Å². The number of rotatable bonds is 47. The fourth-order valence-electron chi connectivity index (χ4n) is 7.87. The molecule has 0 aliphatic carbocycles. The highest BCUT2D eigenvalue weighted by Gasteiger charge is 2.20. The van der Waals surface area contributed by atoms with Gasteiger partial charge in [-0.25, -0.2) is 0 Å². The van der Waals surface area contributed by atoms with Crippen molar-refractivity contribution in [2.75, 3.05) is 13.2 Å². The van der Waals surface area contributed by atoms with Gasteiger partial charge in [-0.1, -0.05) is 225 Å². The Morgan fingerprint density at radius 3 is 1.25 bits per heavy atom. The highest BCUT2D eigenvalue weighted by molar-refractivity contribution is 5.76. The van der Waals surface area contributed by atoms with E-state index in [9.17, 15) is 19.8 Å². The molecule has 0 spiro atoms. The second-order valence-electron chi connectivity index (χ2n) is 17.5. The Bertz CT molecular complexity index is 847. The van der Waals surface area contributed by atoms with Crippen molar-refractivity contribution >= 4 is 11.9 Å². The lowest BCUT2D eigenvalue weighted by atomic mass is 10.0. The molecule has 2 atom stereocenters. The summed E-state index contributed by atoms with van der Waals surface area (Å²) in [4.78, 5) is 24.5. The van der Waals surface area contributed by atoms with Crippen LogP contribution in [0, 0.1) is 0 Å². The van der Waals surface area contributed by atoms with Crippen molar-refractivity contribution in [2.24, 2.45) is 0 Å². The maximum atomic E-state index is 12.4. The number of ether oxygens (including phenoxy) is 1. The van der Waals surface area contributed by atoms with Crippen LogP contribution in [0.2, 0.25) is 0 Å². The van der Waals surface area contributed by atoms with Gasteiger partial charge in [0.2, 0.25) is 5.91 Å². The summed E-state index contributed by atoms with van der Waals surface area (Å²) >= 11 is 0. The Morgan fingerprint density at radius 1 is 0.474 bits per heavy atom. The zero-order chi connectivity index (χ0) is 41.5. The Morgan fingerprint density at radius 2 is 0.825 bits per heavy atom. The number of amides is 1. The third kappa shape index (κ3) is 44.0. The molecule has 0 rings (SSSR count). The summed E-state index contributed by atoms with van der Waals surface area (Å²) in [7, 11) is 0. The van der Waals surface area contributed by atoms with E-state index in [0.717, 1.165) is 77.0 Å². The zero-order valence-electron chi connectivity index (χ0n) is 38.3. The molecular formula is C51H99NO5. The van der Waals surface area contributed by atoms with Crippen LogP contribution in [0.1, 0.15) is 277 Å². The Kier molecular flexibility index (Phi) is 46.1. The van der Waals surface area contributed by atoms with Gasteiger partial charge in [0.05, 0.1) is 25.4 Å². The first-order valence-corrected chi connectivity index (χ1v) is 25.4. The molecule has 6 heteroatoms. The standard InChI is InChI=1S/C51H99NO5/c1-3-5-7-9-11-13-15-17-19-21-23-27-31-35-39-43-49(54)48(47-53)52-50(55)44-40-36-32-28-25-26-30-34-38-42-46-57-51(56)45-41-37-33-29-24-22-20-18-16-14-12-10-8-6-4-2/h26,30,48-49,53-54H,3-25,27-29,31-47H2,1-2H3,(H,52,55)/b30-26-. The fourth-order valence-corrected chi connectivity index (χ4v) is 7.87. The van der Waals surface area contributed by atoms with Gasteiger partial charge < -0.3 is 20.3 Å². The van der Waals surface area contributed by atoms with Gasteiger partial charge in [0.25, 0.3) is 0 Å². The van der Waals surface area contributed by atoms with E-state index in [-0.39, 0.29) is 18.5 Å². The van der Waals surface area contributed by atoms with E-state index in [0.29, 0.717) is 25.9 Å². The first kappa shape index (κ1) is 55.6. The minimum absolute atomic E-state index is 0.0332. The molecule has 57 heavy (non-hydrogen) atoms. The van der Waals surface area contributed by atoms with Crippen LogP contribution in [0.25, 0.3) is 0 Å². The quantitative estimate of drug-likeness (QED) is 0.0323. The third-order valence-electron chi connectivity index (χ3n) is 11.8. The van der Waals surface area contributed by atoms with Gasteiger partial charge in [0.1, 0.15) is 0 Å². The lowest BCUT2D eigenvalue weighted by molar-refractivity contribution is -0.143. The SMILES string of the molecule is CCCCCCCCCCCCCCCCCC(=O)OCCCC/C=C\CCCCCCC(=O)NC(CO)C(O)CCCCCCCCCCCCCCCCC. The van der Waals surface area contributed by atoms with Gasteiger partial charge in [-0.15, -0.1) is 0 Å². The predicted octanol–water partition coefficient (Wildman–Crippen LogP) is 15.0. The van der Waals surface area contributed by atoms with E-state index in [1.165, 1.54) is 167 Å². The van der Waals surface area contributed by atoms with Crippen LogP contribution in [0.15, 0.2) is 12.2 Å². The van der Waals surface area contributed by atoms with Crippen molar-refractivity contribution in [2.45, 2.75) is 289 Å². The van der Waals surface area contributed by atoms with Gasteiger partial charge in [-0.3, -0.25) is 9.59 Å². The molecule has 2 unspecified atom stereocenters. The van der Waals surface area contributed by atoms with Crippen LogP contribution in [0.3, 0.4) is 0 Å². The average Bonchev–Trinajstić information content (AvgIpc) is 3.21. The lowest BCUT2D eigenvalue weighted by Crippen LogP contribution is -2.45. The van der Waals surface area contributed by atoms with Crippen LogP contribution < -0.4 is 5.32 Å². The van der Waals surface area contributed by atoms with Crippen molar-refractivity contribution in [3.05, 3.63) is 12.2 Å². The number of unbranched alkanes of at least 4 members (excludes halogenated alkanes) is 34. The molecule has 0 radical (unpaired) electrons. The summed E-state index contributed by atoms with van der Waals surface area (Å²) < 4.78 is 5.43. The minimum Gasteiger partial charge on any atom is -0.466 e. The van der Waals surface area contributed by atoms with Crippen LogP contribution in [0.4, 0.5) is 0 Å². The Labute approximate surface area is 355 Å². The molecule has 0 saturated heterocycles. The van der Waals surface area contributed by atoms with Crippen molar-refractivity contribution in [3.63, 3.8) is 0 Å². The van der Waals surface area contributed by atoms with E-state index < -0.39 is 12.1 Å². The molecule has 0 heterocycles. The van der Waals surface area contributed by atoms with E-state index in [4.69, 9.17) is 4.74 Å². The molecular weight excluding hydrogens is 707 g/mol. The number of hydrogen-bond donors (Lipinski definition) is 3. The topological polar surface area (TPSA) is 95.9 Å². The lowest BCUT2D eigenvalue weighted by Gasteiger charge is -2.22. The summed E-state index contributed by atoms with van der Waals surface area (Å²) in [5.41, 5.74) is 0. The first-order valence-electron chi connectivity index (χ1n) is 25.4. The third-order valence-corrected chi connectivity index (χ3v) is 11.8. The number of nitrogens with one attached hydrogen (secondary N) is 1. The molecule has 0 saturated carbocycles. The molecule has 0 aliphatic rings. The molecule has 6 nitrogen and oxygen atoms in total. The molecule has 1 amide bonds. The van der Waals surface area contributed by atoms with Crippen LogP contribution in [-0.2, 0) is 14.3 Å². The zero-order valence-corrected chi connectivity index (χ0v) is 38.3. The number of carbonyl (C=O) groups excluding carboxylic acids is 2. The monoisotopic (exact) mass is 806 g/mol. The number of carbonyl (C=O) groups is 2. The van der Waals surface area contributed by atoms with Crippen LogP contribution in [-0.4, -0.2) is 47.4 Å². The molecule has 0 aliphatic heterocycles. The summed E-state index contributed by atoms with van der Waals surface area (Å²) in [6, 6.07) is -0.565. The van der Waals surface area contributed by atoms with Gasteiger partial charge in [0, 0.05) is 12.8 Å². The van der Waals surface area contributed by atoms with E-state index in [1.54, 1.807) is 0 Å². The molecule has 3 N–H and O–H groups in total. The highest BCUT2D eigenvalue weighted by atomic mass is 16.5. The molecule has 0 fully saturated rings. The van der Waals surface area contributed by atoms with E-state index in [2.05, 4.69) is 31.3 Å². The largest absolute Gasteiger partial charge is 0.466 e. The van der Waals surface area contributed by atoms with E-state index in [1.807, 2.05) is 0 Å². The second kappa shape index (κ2) is 47.3. The highest BCUT2D eigenvalue weighted by Crippen LogP contribution is 2.16. The van der Waals surface area contributed by atoms with Crippen molar-refractivity contribution in [1.29, 1.82) is 0 Å². The maximum Gasteiger partial charge on any atom is 0.305 e. The number of allylic oxidation sites excluding steroid dienone is 2. The fraction of sp³-hybridized carbons (Fsp3) is 0.922. The molecule has 0 bridgehead atoms. The van der Waals surface area contributed by atoms with Crippen molar-refractivity contribution < 1.29 is 24.5 Å². The smallest absolute Gasteiger partial charge is 0.305 e. The normalized spacial score (nSPS) is 12.7. The number of hydrogen-bond acceptors (Lipinski definition) is 5. The summed E-state index contributed by atoms with van der Waals surface area (Å²) in [5.74, 6) is -0.103. The molecule has 338 valence electrons. The van der Waals surface area contributed by atoms with Gasteiger partial charge in [-0.2, -0.15) is 0 Å². The molecule has 0 aromatic heterocycles. The predicted molar refractivity (Wildman–Crippen MR) is 246 cm³/mol. The van der Waals surface area contributed by atoms with Crippen LogP contribution >= 0.6 is 0 Å². The molecule has 0 aromatic carbocycles. The molecule has 0 aromatic rings. The Balaban J connectivity index is 3.51. The number of aliphatic hydroxyl groups excluding tert-OH is 2. The Hall–Kier alpha value is -1.40. The number of esters is 1. The van der Waals surface area contributed by atoms with Gasteiger partial charge in [0.15, 0.2) is 0 Å². The summed E-state index contributed by atoms with van der Waals surface area (Å²) in [6.07, 6.45) is 53.2. The van der Waals surface area contributed by atoms with Crippen LogP contribution in [0.5, 0.6) is 0 Å². The second-order valence-corrected chi connectivity index (χ2v) is 17.5. The average molecular weight is 806 g/mol. The summed E-state index contributed by atoms with van der Waals surface area (Å²) in [5, 5.41) is 23.2. The number of aliphatic hydroxyl groups is 2. The minimum atomic E-state index is -0.684. The van der Waals surface area contributed by atoms with Gasteiger partial charge in [-0.05, 0) is 51.4 Å². The summed E-state index contributed by atoms with van der Waals surface area (Å²) in [6.45, 7) is 4.87. The maximum absolute atomic E-state index is 12.4. The first-order chi connectivity index (χ1) is 28.0. The van der Waals surface area contributed by atoms with Gasteiger partial charge >= 0.3 is 5.97 Å². The van der Waals surface area contributed by atoms with Crippen molar-refractivity contribution in [1.82, 2.24) is 5.32 Å².